The summed E-state index contributed by atoms with van der Waals surface area (Å²) >= 11 is 0. The van der Waals surface area contributed by atoms with Gasteiger partial charge in [-0.25, -0.2) is 4.79 Å². The predicted molar refractivity (Wildman–Crippen MR) is 94.0 cm³/mol. The van der Waals surface area contributed by atoms with Gasteiger partial charge in [-0.1, -0.05) is 12.1 Å². The highest BCUT2D eigenvalue weighted by atomic mass is 16.5. The van der Waals surface area contributed by atoms with Crippen molar-refractivity contribution in [1.29, 1.82) is 0 Å². The first-order valence-corrected chi connectivity index (χ1v) is 8.44. The standard InChI is InChI=1S/C18H21N3O4/c1-3-20-16-12(10-11-25-4-2)6-5-7-13(16)21(18(20)24)14-8-9-15(22)19-17(14)23/h5-7,10-11,14H,3-4,8-9H2,1-2H3,(H,19,22,23)/b11-10-. The molecule has 7 heteroatoms. The number of piperidine rings is 1. The summed E-state index contributed by atoms with van der Waals surface area (Å²) in [5.74, 6) is -0.724. The van der Waals surface area contributed by atoms with E-state index in [1.165, 1.54) is 4.57 Å². The van der Waals surface area contributed by atoms with Crippen LogP contribution in [-0.2, 0) is 20.9 Å². The molecule has 1 unspecified atom stereocenters. The first kappa shape index (κ1) is 17.0. The fourth-order valence-corrected chi connectivity index (χ4v) is 3.24. The second kappa shape index (κ2) is 6.96. The molecule has 0 spiro atoms. The predicted octanol–water partition coefficient (Wildman–Crippen LogP) is 1.81. The fraction of sp³-hybridized carbons (Fsp3) is 0.389. The smallest absolute Gasteiger partial charge is 0.329 e. The summed E-state index contributed by atoms with van der Waals surface area (Å²) in [5.41, 5.74) is 2.04. The summed E-state index contributed by atoms with van der Waals surface area (Å²) in [6, 6.07) is 4.89. The van der Waals surface area contributed by atoms with E-state index in [1.54, 1.807) is 10.8 Å². The van der Waals surface area contributed by atoms with Gasteiger partial charge in [-0.3, -0.25) is 24.0 Å². The zero-order valence-corrected chi connectivity index (χ0v) is 14.3. The summed E-state index contributed by atoms with van der Waals surface area (Å²) in [4.78, 5) is 36.6. The Balaban J connectivity index is 2.19. The molecule has 0 radical (unpaired) electrons. The van der Waals surface area contributed by atoms with Crippen LogP contribution in [0, 0.1) is 0 Å². The number of nitrogens with one attached hydrogen (secondary N) is 1. The molecular formula is C18H21N3O4. The normalized spacial score (nSPS) is 18.1. The first-order chi connectivity index (χ1) is 12.1. The minimum atomic E-state index is -0.674. The molecule has 1 aliphatic heterocycles. The SMILES string of the molecule is CCO/C=C\c1cccc2c1n(CC)c(=O)n2C1CCC(=O)NC1=O. The summed E-state index contributed by atoms with van der Waals surface area (Å²) in [7, 11) is 0. The third-order valence-electron chi connectivity index (χ3n) is 4.36. The molecule has 0 aliphatic carbocycles. The van der Waals surface area contributed by atoms with Crippen molar-refractivity contribution in [3.05, 3.63) is 40.5 Å². The van der Waals surface area contributed by atoms with E-state index in [9.17, 15) is 14.4 Å². The average Bonchev–Trinajstić information content (AvgIpc) is 2.87. The third-order valence-corrected chi connectivity index (χ3v) is 4.36. The zero-order valence-electron chi connectivity index (χ0n) is 14.3. The molecule has 3 rings (SSSR count). The van der Waals surface area contributed by atoms with E-state index in [4.69, 9.17) is 4.74 Å². The molecule has 7 nitrogen and oxygen atoms in total. The Labute approximate surface area is 144 Å². The van der Waals surface area contributed by atoms with E-state index in [1.807, 2.05) is 38.1 Å². The van der Waals surface area contributed by atoms with Crippen molar-refractivity contribution in [2.24, 2.45) is 0 Å². The van der Waals surface area contributed by atoms with Crippen LogP contribution >= 0.6 is 0 Å². The number of benzene rings is 1. The number of hydrogen-bond acceptors (Lipinski definition) is 4. The fourth-order valence-electron chi connectivity index (χ4n) is 3.24. The largest absolute Gasteiger partial charge is 0.501 e. The van der Waals surface area contributed by atoms with Crippen molar-refractivity contribution >= 4 is 28.9 Å². The van der Waals surface area contributed by atoms with Gasteiger partial charge >= 0.3 is 5.69 Å². The summed E-state index contributed by atoms with van der Waals surface area (Å²) in [6.07, 6.45) is 3.97. The lowest BCUT2D eigenvalue weighted by molar-refractivity contribution is -0.135. The van der Waals surface area contributed by atoms with Gasteiger partial charge in [-0.05, 0) is 32.4 Å². The van der Waals surface area contributed by atoms with Gasteiger partial charge in [0.1, 0.15) is 6.04 Å². The minimum Gasteiger partial charge on any atom is -0.501 e. The molecule has 1 aromatic carbocycles. The number of para-hydroxylation sites is 1. The molecule has 1 aliphatic rings. The van der Waals surface area contributed by atoms with Crippen LogP contribution in [0.4, 0.5) is 0 Å². The van der Waals surface area contributed by atoms with Crippen molar-refractivity contribution in [2.75, 3.05) is 6.61 Å². The second-order valence-corrected chi connectivity index (χ2v) is 5.84. The lowest BCUT2D eigenvalue weighted by atomic mass is 10.1. The number of imidazole rings is 1. The second-order valence-electron chi connectivity index (χ2n) is 5.84. The van der Waals surface area contributed by atoms with Crippen LogP contribution in [0.3, 0.4) is 0 Å². The number of imide groups is 1. The number of hydrogen-bond donors (Lipinski definition) is 1. The Morgan fingerprint density at radius 1 is 1.28 bits per heavy atom. The van der Waals surface area contributed by atoms with Gasteiger partial charge in [0.2, 0.25) is 11.8 Å². The van der Waals surface area contributed by atoms with Crippen molar-refractivity contribution in [2.45, 2.75) is 39.3 Å². The van der Waals surface area contributed by atoms with Gasteiger partial charge in [0, 0.05) is 18.5 Å². The monoisotopic (exact) mass is 343 g/mol. The van der Waals surface area contributed by atoms with E-state index in [-0.39, 0.29) is 18.0 Å². The maximum absolute atomic E-state index is 12.9. The topological polar surface area (TPSA) is 82.3 Å². The lowest BCUT2D eigenvalue weighted by Crippen LogP contribution is -2.44. The van der Waals surface area contributed by atoms with Crippen LogP contribution in [-0.4, -0.2) is 27.6 Å². The Hall–Kier alpha value is -2.83. The average molecular weight is 343 g/mol. The number of aryl methyl sites for hydroxylation is 1. The molecule has 0 saturated carbocycles. The molecule has 1 aromatic heterocycles. The van der Waals surface area contributed by atoms with Crippen LogP contribution in [0.15, 0.2) is 29.3 Å². The molecule has 1 atom stereocenters. The lowest BCUT2D eigenvalue weighted by Gasteiger charge is -2.21. The van der Waals surface area contributed by atoms with Gasteiger partial charge < -0.3 is 4.74 Å². The number of fused-ring (bicyclic) bond motifs is 1. The first-order valence-electron chi connectivity index (χ1n) is 8.44. The van der Waals surface area contributed by atoms with Gasteiger partial charge in [0.15, 0.2) is 0 Å². The van der Waals surface area contributed by atoms with Crippen molar-refractivity contribution in [1.82, 2.24) is 14.5 Å². The van der Waals surface area contributed by atoms with E-state index >= 15 is 0 Å². The van der Waals surface area contributed by atoms with E-state index in [0.717, 1.165) is 11.1 Å². The van der Waals surface area contributed by atoms with Crippen molar-refractivity contribution in [3.8, 4) is 0 Å². The Morgan fingerprint density at radius 3 is 2.76 bits per heavy atom. The number of nitrogens with zero attached hydrogens (tertiary/aromatic N) is 2. The van der Waals surface area contributed by atoms with Crippen LogP contribution in [0.25, 0.3) is 17.1 Å². The van der Waals surface area contributed by atoms with Crippen molar-refractivity contribution < 1.29 is 14.3 Å². The van der Waals surface area contributed by atoms with Crippen molar-refractivity contribution in [3.63, 3.8) is 0 Å². The molecule has 132 valence electrons. The van der Waals surface area contributed by atoms with Gasteiger partial charge in [0.25, 0.3) is 0 Å². The maximum Gasteiger partial charge on any atom is 0.329 e. The molecule has 2 aromatic rings. The Kier molecular flexibility index (Phi) is 4.74. The Morgan fingerprint density at radius 2 is 2.08 bits per heavy atom. The molecule has 1 fully saturated rings. The third kappa shape index (κ3) is 2.97. The van der Waals surface area contributed by atoms with Gasteiger partial charge in [-0.15, -0.1) is 0 Å². The number of carbonyl (C=O) groups excluding carboxylic acids is 2. The number of aromatic nitrogens is 2. The van der Waals surface area contributed by atoms with Crippen LogP contribution in [0.2, 0.25) is 0 Å². The van der Waals surface area contributed by atoms with E-state index < -0.39 is 11.9 Å². The highest BCUT2D eigenvalue weighted by molar-refractivity contribution is 6.00. The highest BCUT2D eigenvalue weighted by Gasteiger charge is 2.31. The maximum atomic E-state index is 12.9. The highest BCUT2D eigenvalue weighted by Crippen LogP contribution is 2.26. The quantitative estimate of drug-likeness (QED) is 0.663. The van der Waals surface area contributed by atoms with Crippen LogP contribution in [0.1, 0.15) is 38.3 Å². The van der Waals surface area contributed by atoms with Crippen LogP contribution in [0.5, 0.6) is 0 Å². The van der Waals surface area contributed by atoms with E-state index in [2.05, 4.69) is 5.32 Å². The zero-order chi connectivity index (χ0) is 18.0. The van der Waals surface area contributed by atoms with Crippen LogP contribution < -0.4 is 11.0 Å². The summed E-state index contributed by atoms with van der Waals surface area (Å²) in [5, 5.41) is 2.32. The summed E-state index contributed by atoms with van der Waals surface area (Å²) in [6.45, 7) is 4.82. The molecule has 2 heterocycles. The molecule has 0 bridgehead atoms. The summed E-state index contributed by atoms with van der Waals surface area (Å²) < 4.78 is 8.41. The molecule has 1 N–H and O–H groups in total. The number of carbonyl (C=O) groups is 2. The Bertz CT molecular complexity index is 907. The minimum absolute atomic E-state index is 0.228. The number of ether oxygens (including phenoxy) is 1. The number of amides is 2. The molecule has 2 amide bonds. The molecular weight excluding hydrogens is 322 g/mol. The van der Waals surface area contributed by atoms with Gasteiger partial charge in [0.05, 0.1) is 23.9 Å². The molecule has 1 saturated heterocycles. The molecule has 25 heavy (non-hydrogen) atoms. The van der Waals surface area contributed by atoms with E-state index in [0.29, 0.717) is 25.1 Å². The number of rotatable bonds is 5. The van der Waals surface area contributed by atoms with Gasteiger partial charge in [-0.2, -0.15) is 0 Å².